The van der Waals surface area contributed by atoms with Gasteiger partial charge in [0.1, 0.15) is 5.75 Å². The summed E-state index contributed by atoms with van der Waals surface area (Å²) in [6.45, 7) is 3.53. The fourth-order valence-corrected chi connectivity index (χ4v) is 3.36. The second-order valence-electron chi connectivity index (χ2n) is 6.33. The number of anilines is 2. The van der Waals surface area contributed by atoms with Crippen LogP contribution in [0.15, 0.2) is 48.5 Å². The largest absolute Gasteiger partial charge is 0.495 e. The minimum atomic E-state index is -0.0959. The summed E-state index contributed by atoms with van der Waals surface area (Å²) in [4.78, 5) is 17.2. The number of likely N-dealkylation sites (N-methyl/N-ethyl adjacent to an activating group) is 1. The van der Waals surface area contributed by atoms with Crippen LogP contribution in [0.25, 0.3) is 0 Å². The highest BCUT2D eigenvalue weighted by atomic mass is 16.5. The number of carbonyl (C=O) groups is 1. The maximum Gasteiger partial charge on any atom is 0.322 e. The molecule has 2 aromatic carbocycles. The fraction of sp³-hybridized carbons (Fsp3) is 0.350. The van der Waals surface area contributed by atoms with E-state index in [2.05, 4.69) is 36.3 Å². The first-order valence-corrected chi connectivity index (χ1v) is 8.63. The molecule has 2 aromatic rings. The van der Waals surface area contributed by atoms with Crippen LogP contribution < -0.4 is 15.0 Å². The Morgan fingerprint density at radius 1 is 1.20 bits per heavy atom. The Kier molecular flexibility index (Phi) is 5.12. The molecule has 5 nitrogen and oxygen atoms in total. The SMILES string of the molecule is CC[C@@H]1CN(C)c2ccccc2CN1C(=O)Nc1ccccc1OC. The highest BCUT2D eigenvalue weighted by molar-refractivity contribution is 5.91. The van der Waals surface area contributed by atoms with Crippen LogP contribution in [0.1, 0.15) is 18.9 Å². The third-order valence-corrected chi connectivity index (χ3v) is 4.75. The molecule has 1 aliphatic heterocycles. The van der Waals surface area contributed by atoms with Gasteiger partial charge in [-0.05, 0) is 30.2 Å². The molecule has 1 N–H and O–H groups in total. The number of nitrogens with zero attached hydrogens (tertiary/aromatic N) is 2. The third-order valence-electron chi connectivity index (χ3n) is 4.75. The summed E-state index contributed by atoms with van der Waals surface area (Å²) in [5, 5.41) is 3.01. The number of benzene rings is 2. The smallest absolute Gasteiger partial charge is 0.322 e. The van der Waals surface area contributed by atoms with Gasteiger partial charge in [-0.25, -0.2) is 4.79 Å². The molecule has 3 rings (SSSR count). The fourth-order valence-electron chi connectivity index (χ4n) is 3.36. The van der Waals surface area contributed by atoms with E-state index in [-0.39, 0.29) is 12.1 Å². The Balaban J connectivity index is 1.87. The lowest BCUT2D eigenvalue weighted by molar-refractivity contribution is 0.185. The average molecular weight is 339 g/mol. The maximum atomic E-state index is 13.0. The number of ether oxygens (including phenoxy) is 1. The van der Waals surface area contributed by atoms with Gasteiger partial charge in [0.25, 0.3) is 0 Å². The summed E-state index contributed by atoms with van der Waals surface area (Å²) in [5.74, 6) is 0.663. The molecule has 0 radical (unpaired) electrons. The number of hydrogen-bond acceptors (Lipinski definition) is 3. The maximum absolute atomic E-state index is 13.0. The van der Waals surface area contributed by atoms with E-state index >= 15 is 0 Å². The molecule has 1 atom stereocenters. The molecule has 0 fully saturated rings. The molecule has 0 bridgehead atoms. The number of nitrogens with one attached hydrogen (secondary N) is 1. The van der Waals surface area contributed by atoms with Crippen molar-refractivity contribution in [1.29, 1.82) is 0 Å². The molecule has 2 amide bonds. The highest BCUT2D eigenvalue weighted by Gasteiger charge is 2.29. The number of urea groups is 1. The first-order chi connectivity index (χ1) is 12.1. The topological polar surface area (TPSA) is 44.8 Å². The van der Waals surface area contributed by atoms with Crippen molar-refractivity contribution in [3.63, 3.8) is 0 Å². The van der Waals surface area contributed by atoms with Crippen molar-refractivity contribution in [2.45, 2.75) is 25.9 Å². The lowest BCUT2D eigenvalue weighted by atomic mass is 10.1. The van der Waals surface area contributed by atoms with Gasteiger partial charge in [0.05, 0.1) is 18.8 Å². The zero-order valence-corrected chi connectivity index (χ0v) is 15.0. The Labute approximate surface area is 149 Å². The van der Waals surface area contributed by atoms with Crippen molar-refractivity contribution in [2.75, 3.05) is 30.9 Å². The van der Waals surface area contributed by atoms with Crippen molar-refractivity contribution < 1.29 is 9.53 Å². The van der Waals surface area contributed by atoms with Gasteiger partial charge in [-0.2, -0.15) is 0 Å². The Hall–Kier alpha value is -2.69. The van der Waals surface area contributed by atoms with E-state index in [0.29, 0.717) is 18.0 Å². The zero-order chi connectivity index (χ0) is 17.8. The van der Waals surface area contributed by atoms with Gasteiger partial charge in [-0.3, -0.25) is 0 Å². The summed E-state index contributed by atoms with van der Waals surface area (Å²) in [6, 6.07) is 15.8. The Bertz CT molecular complexity index is 747. The van der Waals surface area contributed by atoms with Crippen molar-refractivity contribution in [1.82, 2.24) is 4.90 Å². The number of methoxy groups -OCH3 is 1. The van der Waals surface area contributed by atoms with Crippen LogP contribution in [0.4, 0.5) is 16.2 Å². The average Bonchev–Trinajstić information content (AvgIpc) is 2.79. The number of rotatable bonds is 3. The molecule has 5 heteroatoms. The van der Waals surface area contributed by atoms with Crippen molar-refractivity contribution >= 4 is 17.4 Å². The minimum absolute atomic E-state index is 0.0959. The van der Waals surface area contributed by atoms with Gasteiger partial charge in [0.15, 0.2) is 0 Å². The molecule has 0 aromatic heterocycles. The van der Waals surface area contributed by atoms with Crippen LogP contribution in [0.2, 0.25) is 0 Å². The van der Waals surface area contributed by atoms with E-state index in [4.69, 9.17) is 4.74 Å². The van der Waals surface area contributed by atoms with Crippen LogP contribution in [0, 0.1) is 0 Å². The first kappa shape index (κ1) is 17.1. The van der Waals surface area contributed by atoms with Crippen LogP contribution in [-0.4, -0.2) is 37.7 Å². The highest BCUT2D eigenvalue weighted by Crippen LogP contribution is 2.29. The lowest BCUT2D eigenvalue weighted by Gasteiger charge is -2.31. The van der Waals surface area contributed by atoms with E-state index in [1.165, 1.54) is 5.69 Å². The number of para-hydroxylation sites is 3. The normalized spacial score (nSPS) is 16.8. The van der Waals surface area contributed by atoms with Gasteiger partial charge < -0.3 is 19.9 Å². The third kappa shape index (κ3) is 3.55. The van der Waals surface area contributed by atoms with Crippen molar-refractivity contribution in [3.05, 3.63) is 54.1 Å². The lowest BCUT2D eigenvalue weighted by Crippen LogP contribution is -2.45. The monoisotopic (exact) mass is 339 g/mol. The molecule has 0 aliphatic carbocycles. The standard InChI is InChI=1S/C20H25N3O2/c1-4-16-14-22(2)18-11-7-5-9-15(18)13-23(16)20(24)21-17-10-6-8-12-19(17)25-3/h5-12,16H,4,13-14H2,1-3H3,(H,21,24)/t16-/m1/s1. The molecule has 1 heterocycles. The van der Waals surface area contributed by atoms with E-state index in [1.54, 1.807) is 7.11 Å². The van der Waals surface area contributed by atoms with Crippen molar-refractivity contribution in [3.8, 4) is 5.75 Å². The number of carbonyl (C=O) groups excluding carboxylic acids is 1. The van der Waals surface area contributed by atoms with E-state index in [9.17, 15) is 4.79 Å². The van der Waals surface area contributed by atoms with Crippen LogP contribution >= 0.6 is 0 Å². The summed E-state index contributed by atoms with van der Waals surface area (Å²) < 4.78 is 5.34. The molecule has 0 spiro atoms. The van der Waals surface area contributed by atoms with Gasteiger partial charge in [0, 0.05) is 25.8 Å². The molecule has 1 aliphatic rings. The molecule has 132 valence electrons. The van der Waals surface area contributed by atoms with E-state index in [0.717, 1.165) is 18.5 Å². The molecule has 0 unspecified atom stereocenters. The first-order valence-electron chi connectivity index (χ1n) is 8.63. The second kappa shape index (κ2) is 7.47. The summed E-state index contributed by atoms with van der Waals surface area (Å²) >= 11 is 0. The number of hydrogen-bond donors (Lipinski definition) is 1. The number of fused-ring (bicyclic) bond motifs is 1. The summed E-state index contributed by atoms with van der Waals surface area (Å²) in [7, 11) is 3.69. The van der Waals surface area contributed by atoms with Crippen molar-refractivity contribution in [2.24, 2.45) is 0 Å². The predicted molar refractivity (Wildman–Crippen MR) is 101 cm³/mol. The molecule has 0 saturated heterocycles. The van der Waals surface area contributed by atoms with Crippen LogP contribution in [0.5, 0.6) is 5.75 Å². The predicted octanol–water partition coefficient (Wildman–Crippen LogP) is 3.96. The van der Waals surface area contributed by atoms with Gasteiger partial charge in [0.2, 0.25) is 0 Å². The molecule has 0 saturated carbocycles. The Morgan fingerprint density at radius 2 is 1.92 bits per heavy atom. The van der Waals surface area contributed by atoms with Crippen LogP contribution in [0.3, 0.4) is 0 Å². The van der Waals surface area contributed by atoms with E-state index < -0.39 is 0 Å². The quantitative estimate of drug-likeness (QED) is 0.921. The molecular formula is C20H25N3O2. The van der Waals surface area contributed by atoms with E-state index in [1.807, 2.05) is 41.3 Å². The summed E-state index contributed by atoms with van der Waals surface area (Å²) in [5.41, 5.74) is 3.04. The number of amides is 2. The molecular weight excluding hydrogens is 314 g/mol. The van der Waals surface area contributed by atoms with Gasteiger partial charge in [-0.1, -0.05) is 37.3 Å². The van der Waals surface area contributed by atoms with Crippen LogP contribution in [-0.2, 0) is 6.54 Å². The Morgan fingerprint density at radius 3 is 2.68 bits per heavy atom. The molecule has 25 heavy (non-hydrogen) atoms. The van der Waals surface area contributed by atoms with Gasteiger partial charge in [-0.15, -0.1) is 0 Å². The summed E-state index contributed by atoms with van der Waals surface area (Å²) in [6.07, 6.45) is 0.900. The second-order valence-corrected chi connectivity index (χ2v) is 6.33. The van der Waals surface area contributed by atoms with Gasteiger partial charge >= 0.3 is 6.03 Å². The minimum Gasteiger partial charge on any atom is -0.495 e. The zero-order valence-electron chi connectivity index (χ0n) is 15.0.